The number of carbonyl (C=O) groups excluding carboxylic acids is 1. The van der Waals surface area contributed by atoms with Crippen molar-refractivity contribution in [2.75, 3.05) is 11.4 Å². The Morgan fingerprint density at radius 1 is 1.38 bits per heavy atom. The molecule has 2 fully saturated rings. The number of terminal acetylenes is 1. The summed E-state index contributed by atoms with van der Waals surface area (Å²) in [6.07, 6.45) is -2.02. The highest BCUT2D eigenvalue weighted by Crippen LogP contribution is 2.37. The summed E-state index contributed by atoms with van der Waals surface area (Å²) in [4.78, 5) is 14.2. The van der Waals surface area contributed by atoms with Crippen LogP contribution in [0.3, 0.4) is 0 Å². The molecule has 1 saturated heterocycles. The molecule has 5 atom stereocenters. The number of alkyl halides is 3. The summed E-state index contributed by atoms with van der Waals surface area (Å²) in [7, 11) is 0. The first-order valence-corrected chi connectivity index (χ1v) is 9.06. The molecule has 1 saturated carbocycles. The Balaban J connectivity index is 1.90. The number of thiocarbonyl (C=S) groups is 1. The molecule has 0 aromatic heterocycles. The monoisotopic (exact) mass is 429 g/mol. The molecule has 156 valence electrons. The summed E-state index contributed by atoms with van der Waals surface area (Å²) in [5, 5.41) is 26.2. The minimum absolute atomic E-state index is 0.00722. The fourth-order valence-electron chi connectivity index (χ4n) is 3.72. The largest absolute Gasteiger partial charge is 0.573 e. The Morgan fingerprint density at radius 3 is 2.62 bits per heavy atom. The number of aliphatic hydroxyl groups excluding tert-OH is 2. The van der Waals surface area contributed by atoms with E-state index in [1.54, 1.807) is 4.90 Å². The van der Waals surface area contributed by atoms with Crippen molar-refractivity contribution in [1.82, 2.24) is 10.6 Å². The van der Waals surface area contributed by atoms with Gasteiger partial charge in [-0.05, 0) is 42.9 Å². The Labute approximate surface area is 169 Å². The fourth-order valence-corrected chi connectivity index (χ4v) is 4.08. The van der Waals surface area contributed by atoms with E-state index in [1.165, 1.54) is 12.1 Å². The van der Waals surface area contributed by atoms with Crippen LogP contribution in [0, 0.1) is 18.3 Å². The number of fused-ring (bicyclic) bond motifs is 1. The minimum Gasteiger partial charge on any atom is -0.406 e. The molecule has 11 heteroatoms. The lowest BCUT2D eigenvalue weighted by Gasteiger charge is -2.41. The summed E-state index contributed by atoms with van der Waals surface area (Å²) < 4.78 is 41.0. The van der Waals surface area contributed by atoms with Crippen molar-refractivity contribution in [3.05, 3.63) is 24.3 Å². The number of carbonyl (C=O) groups is 1. The zero-order valence-corrected chi connectivity index (χ0v) is 15.7. The molecule has 3 rings (SSSR count). The highest BCUT2D eigenvalue weighted by molar-refractivity contribution is 7.80. The van der Waals surface area contributed by atoms with Crippen molar-refractivity contribution in [3.63, 3.8) is 0 Å². The van der Waals surface area contributed by atoms with Gasteiger partial charge < -0.3 is 30.5 Å². The maximum absolute atomic E-state index is 12.6. The number of nitrogens with one attached hydrogen (secondary N) is 2. The molecule has 1 aliphatic heterocycles. The highest BCUT2D eigenvalue weighted by atomic mass is 32.1. The number of hydrogen-bond donors (Lipinski definition) is 4. The molecule has 4 N–H and O–H groups in total. The second-order valence-corrected chi connectivity index (χ2v) is 7.09. The number of anilines is 1. The first kappa shape index (κ1) is 21.2. The average Bonchev–Trinajstić information content (AvgIpc) is 2.99. The van der Waals surface area contributed by atoms with Crippen molar-refractivity contribution < 1.29 is 32.9 Å². The number of amides is 1. The van der Waals surface area contributed by atoms with Gasteiger partial charge in [0.15, 0.2) is 5.11 Å². The van der Waals surface area contributed by atoms with Gasteiger partial charge in [0, 0.05) is 5.69 Å². The van der Waals surface area contributed by atoms with Crippen molar-refractivity contribution in [2.24, 2.45) is 5.92 Å². The fraction of sp³-hybridized carbons (Fsp3) is 0.444. The first-order chi connectivity index (χ1) is 13.6. The Hall–Kier alpha value is -2.55. The molecule has 2 aliphatic rings. The molecule has 7 nitrogen and oxygen atoms in total. The third-order valence-corrected chi connectivity index (χ3v) is 5.21. The number of benzene rings is 1. The molecule has 1 aromatic carbocycles. The van der Waals surface area contributed by atoms with E-state index >= 15 is 0 Å². The van der Waals surface area contributed by atoms with Crippen LogP contribution in [0.15, 0.2) is 24.3 Å². The van der Waals surface area contributed by atoms with Crippen LogP contribution >= 0.6 is 12.2 Å². The zero-order valence-electron chi connectivity index (χ0n) is 14.9. The Morgan fingerprint density at radius 2 is 2.03 bits per heavy atom. The Bertz CT molecular complexity index is 827. The number of halogens is 3. The lowest BCUT2D eigenvalue weighted by molar-refractivity contribution is -0.274. The van der Waals surface area contributed by atoms with Crippen molar-refractivity contribution >= 4 is 28.9 Å². The summed E-state index contributed by atoms with van der Waals surface area (Å²) in [5.41, 5.74) is 0.405. The van der Waals surface area contributed by atoms with Crippen molar-refractivity contribution in [2.45, 2.75) is 37.1 Å². The smallest absolute Gasteiger partial charge is 0.406 e. The molecular weight excluding hydrogens is 411 g/mol. The van der Waals surface area contributed by atoms with Crippen molar-refractivity contribution in [1.29, 1.82) is 0 Å². The number of ether oxygens (including phenoxy) is 1. The lowest BCUT2D eigenvalue weighted by atomic mass is 9.77. The van der Waals surface area contributed by atoms with Crippen LogP contribution in [-0.2, 0) is 4.79 Å². The topological polar surface area (TPSA) is 94.1 Å². The number of nitrogens with zero attached hydrogens (tertiary/aromatic N) is 1. The van der Waals surface area contributed by atoms with Gasteiger partial charge in [-0.1, -0.05) is 5.92 Å². The van der Waals surface area contributed by atoms with Gasteiger partial charge in [-0.3, -0.25) is 4.79 Å². The molecule has 0 bridgehead atoms. The molecule has 1 aliphatic carbocycles. The number of aliphatic hydroxyl groups is 2. The molecule has 5 unspecified atom stereocenters. The van der Waals surface area contributed by atoms with E-state index in [0.717, 1.165) is 12.1 Å². The summed E-state index contributed by atoms with van der Waals surface area (Å²) in [6, 6.07) is 3.56. The summed E-state index contributed by atoms with van der Waals surface area (Å²) in [5.74, 6) is 0.693. The van der Waals surface area contributed by atoms with E-state index in [1.807, 2.05) is 0 Å². The molecule has 1 heterocycles. The number of hydrogen-bond acceptors (Lipinski definition) is 5. The van der Waals surface area contributed by atoms with E-state index in [-0.39, 0.29) is 18.1 Å². The Kier molecular flexibility index (Phi) is 5.88. The van der Waals surface area contributed by atoms with E-state index in [4.69, 9.17) is 18.6 Å². The quantitative estimate of drug-likeness (QED) is 0.409. The van der Waals surface area contributed by atoms with E-state index < -0.39 is 48.2 Å². The van der Waals surface area contributed by atoms with Gasteiger partial charge in [0.05, 0.1) is 30.7 Å². The van der Waals surface area contributed by atoms with Gasteiger partial charge in [0.1, 0.15) is 11.9 Å². The van der Waals surface area contributed by atoms with Crippen LogP contribution < -0.4 is 20.3 Å². The molecule has 29 heavy (non-hydrogen) atoms. The van der Waals surface area contributed by atoms with Gasteiger partial charge in [-0.15, -0.1) is 19.6 Å². The van der Waals surface area contributed by atoms with Gasteiger partial charge in [0.25, 0.3) is 0 Å². The van der Waals surface area contributed by atoms with E-state index in [9.17, 15) is 28.2 Å². The predicted octanol–water partition coefficient (Wildman–Crippen LogP) is 0.508. The third-order valence-electron chi connectivity index (χ3n) is 4.89. The lowest BCUT2D eigenvalue weighted by Crippen LogP contribution is -2.61. The van der Waals surface area contributed by atoms with Crippen LogP contribution in [0.1, 0.15) is 6.42 Å². The molecule has 0 spiro atoms. The van der Waals surface area contributed by atoms with Gasteiger partial charge in [-0.2, -0.15) is 0 Å². The first-order valence-electron chi connectivity index (χ1n) is 8.65. The van der Waals surface area contributed by atoms with E-state index in [0.29, 0.717) is 5.69 Å². The van der Waals surface area contributed by atoms with E-state index in [2.05, 4.69) is 21.3 Å². The maximum atomic E-state index is 12.6. The predicted molar refractivity (Wildman–Crippen MR) is 101 cm³/mol. The van der Waals surface area contributed by atoms with Crippen LogP contribution in [0.25, 0.3) is 0 Å². The maximum Gasteiger partial charge on any atom is 0.573 e. The highest BCUT2D eigenvalue weighted by Gasteiger charge is 2.53. The minimum atomic E-state index is -4.82. The van der Waals surface area contributed by atoms with Crippen LogP contribution in [0.5, 0.6) is 5.75 Å². The standard InChI is InChI=1S/C18H18F3N3O4S/c1-2-7-22-16(27)11-8-12(25)15(26)13-14(11)24(17(29)23-13)9-3-5-10(6-4-9)28-18(19,20)21/h1,3-6,11-15,25-26H,7-8H2,(H,22,27)(H,23,29). The summed E-state index contributed by atoms with van der Waals surface area (Å²) >= 11 is 5.32. The molecule has 1 aromatic rings. The second kappa shape index (κ2) is 8.06. The second-order valence-electron chi connectivity index (χ2n) is 6.70. The van der Waals surface area contributed by atoms with Gasteiger partial charge >= 0.3 is 6.36 Å². The normalized spacial score (nSPS) is 28.9. The van der Waals surface area contributed by atoms with Crippen LogP contribution in [0.2, 0.25) is 0 Å². The average molecular weight is 429 g/mol. The van der Waals surface area contributed by atoms with Gasteiger partial charge in [-0.25, -0.2) is 0 Å². The molecular formula is C18H18F3N3O4S. The van der Waals surface area contributed by atoms with Crippen LogP contribution in [-0.4, -0.2) is 58.4 Å². The van der Waals surface area contributed by atoms with Crippen LogP contribution in [0.4, 0.5) is 18.9 Å². The number of rotatable bonds is 4. The SMILES string of the molecule is C#CCNC(=O)C1CC(O)C(O)C2NC(=S)N(c3ccc(OC(F)(F)F)cc3)C12. The zero-order chi connectivity index (χ0) is 21.3. The summed E-state index contributed by atoms with van der Waals surface area (Å²) in [6.45, 7) is -0.00722. The molecule has 0 radical (unpaired) electrons. The van der Waals surface area contributed by atoms with Gasteiger partial charge in [0.2, 0.25) is 5.91 Å². The third kappa shape index (κ3) is 4.39. The molecule has 1 amide bonds. The van der Waals surface area contributed by atoms with Crippen molar-refractivity contribution in [3.8, 4) is 18.1 Å².